The maximum Gasteiger partial charge on any atom is 0.247 e. The highest BCUT2D eigenvalue weighted by atomic mass is 16.5. The van der Waals surface area contributed by atoms with Gasteiger partial charge in [0.2, 0.25) is 11.8 Å². The Balaban J connectivity index is 1.67. The summed E-state index contributed by atoms with van der Waals surface area (Å²) >= 11 is 0. The van der Waals surface area contributed by atoms with Gasteiger partial charge in [-0.2, -0.15) is 0 Å². The van der Waals surface area contributed by atoms with Crippen LogP contribution in [0.2, 0.25) is 0 Å². The number of aromatic nitrogens is 2. The maximum atomic E-state index is 5.68. The molecule has 0 atom stereocenters. The lowest BCUT2D eigenvalue weighted by Gasteiger charge is -2.10. The van der Waals surface area contributed by atoms with Crippen LogP contribution in [0.25, 0.3) is 11.5 Å². The van der Waals surface area contributed by atoms with Crippen LogP contribution in [0.15, 0.2) is 46.9 Å². The summed E-state index contributed by atoms with van der Waals surface area (Å²) in [6.07, 6.45) is 0. The van der Waals surface area contributed by atoms with Crippen LogP contribution < -0.4 is 19.5 Å². The molecule has 130 valence electrons. The van der Waals surface area contributed by atoms with Gasteiger partial charge in [0.15, 0.2) is 11.5 Å². The second-order valence-corrected chi connectivity index (χ2v) is 5.15. The summed E-state index contributed by atoms with van der Waals surface area (Å²) in [6.45, 7) is 0.401. The van der Waals surface area contributed by atoms with Crippen molar-refractivity contribution in [2.45, 2.75) is 6.54 Å². The fourth-order valence-electron chi connectivity index (χ4n) is 2.30. The molecule has 0 aliphatic carbocycles. The third-order valence-electron chi connectivity index (χ3n) is 3.63. The van der Waals surface area contributed by atoms with E-state index in [0.29, 0.717) is 29.8 Å². The van der Waals surface area contributed by atoms with E-state index in [1.165, 1.54) is 0 Å². The van der Waals surface area contributed by atoms with Gasteiger partial charge < -0.3 is 23.9 Å². The second kappa shape index (κ2) is 7.57. The Morgan fingerprint density at radius 3 is 2.32 bits per heavy atom. The average Bonchev–Trinajstić information content (AvgIpc) is 3.15. The van der Waals surface area contributed by atoms with Gasteiger partial charge in [0.1, 0.15) is 5.75 Å². The van der Waals surface area contributed by atoms with Gasteiger partial charge in [-0.25, -0.2) is 0 Å². The molecule has 1 N–H and O–H groups in total. The molecule has 0 amide bonds. The van der Waals surface area contributed by atoms with E-state index in [9.17, 15) is 0 Å². The van der Waals surface area contributed by atoms with Crippen molar-refractivity contribution in [1.29, 1.82) is 0 Å². The first-order chi connectivity index (χ1) is 12.2. The lowest BCUT2D eigenvalue weighted by Crippen LogP contribution is -2.00. The van der Waals surface area contributed by atoms with E-state index in [0.717, 1.165) is 17.0 Å². The van der Waals surface area contributed by atoms with E-state index in [4.69, 9.17) is 18.6 Å². The molecule has 0 aliphatic heterocycles. The monoisotopic (exact) mass is 341 g/mol. The lowest BCUT2D eigenvalue weighted by atomic mass is 10.2. The number of methoxy groups -OCH3 is 3. The molecule has 0 radical (unpaired) electrons. The summed E-state index contributed by atoms with van der Waals surface area (Å²) in [5, 5.41) is 11.4. The first-order valence-corrected chi connectivity index (χ1v) is 7.66. The van der Waals surface area contributed by atoms with Crippen molar-refractivity contribution in [3.05, 3.63) is 48.4 Å². The highest BCUT2D eigenvalue weighted by Gasteiger charge is 2.09. The number of rotatable bonds is 7. The Hall–Kier alpha value is -3.22. The van der Waals surface area contributed by atoms with Gasteiger partial charge in [0.25, 0.3) is 0 Å². The van der Waals surface area contributed by atoms with E-state index >= 15 is 0 Å². The summed E-state index contributed by atoms with van der Waals surface area (Å²) in [5.74, 6) is 3.05. The van der Waals surface area contributed by atoms with Crippen molar-refractivity contribution >= 4 is 5.69 Å². The van der Waals surface area contributed by atoms with Crippen LogP contribution in [-0.4, -0.2) is 31.5 Å². The summed E-state index contributed by atoms with van der Waals surface area (Å²) in [7, 11) is 4.82. The van der Waals surface area contributed by atoms with E-state index in [1.54, 1.807) is 21.3 Å². The zero-order valence-corrected chi connectivity index (χ0v) is 14.3. The second-order valence-electron chi connectivity index (χ2n) is 5.15. The normalized spacial score (nSPS) is 10.4. The molecular formula is C18H19N3O4. The van der Waals surface area contributed by atoms with Crippen molar-refractivity contribution in [3.8, 4) is 28.7 Å². The largest absolute Gasteiger partial charge is 0.497 e. The van der Waals surface area contributed by atoms with E-state index in [1.807, 2.05) is 42.5 Å². The summed E-state index contributed by atoms with van der Waals surface area (Å²) in [4.78, 5) is 0. The molecule has 0 aliphatic rings. The van der Waals surface area contributed by atoms with Crippen molar-refractivity contribution < 1.29 is 18.6 Å². The molecule has 3 aromatic rings. The molecule has 1 aromatic heterocycles. The fraction of sp³-hybridized carbons (Fsp3) is 0.222. The number of hydrogen-bond acceptors (Lipinski definition) is 7. The van der Waals surface area contributed by atoms with Gasteiger partial charge in [-0.05, 0) is 36.4 Å². The molecule has 1 heterocycles. The minimum Gasteiger partial charge on any atom is -0.497 e. The molecule has 0 fully saturated rings. The fourth-order valence-corrected chi connectivity index (χ4v) is 2.30. The molecule has 0 bridgehead atoms. The van der Waals surface area contributed by atoms with Crippen LogP contribution >= 0.6 is 0 Å². The van der Waals surface area contributed by atoms with Crippen molar-refractivity contribution in [2.24, 2.45) is 0 Å². The maximum absolute atomic E-state index is 5.68. The zero-order valence-electron chi connectivity index (χ0n) is 14.3. The molecule has 25 heavy (non-hydrogen) atoms. The Morgan fingerprint density at radius 1 is 0.880 bits per heavy atom. The van der Waals surface area contributed by atoms with Crippen molar-refractivity contribution in [1.82, 2.24) is 10.2 Å². The smallest absolute Gasteiger partial charge is 0.247 e. The minimum absolute atomic E-state index is 0.401. The van der Waals surface area contributed by atoms with Crippen LogP contribution in [0, 0.1) is 0 Å². The topological polar surface area (TPSA) is 78.6 Å². The number of ether oxygens (including phenoxy) is 3. The number of nitrogens with zero attached hydrogens (tertiary/aromatic N) is 2. The average molecular weight is 341 g/mol. The summed E-state index contributed by atoms with van der Waals surface area (Å²) < 4.78 is 21.3. The minimum atomic E-state index is 0.401. The molecule has 0 saturated heterocycles. The van der Waals surface area contributed by atoms with Gasteiger partial charge >= 0.3 is 0 Å². The highest BCUT2D eigenvalue weighted by Crippen LogP contribution is 2.30. The van der Waals surface area contributed by atoms with Crippen molar-refractivity contribution in [2.75, 3.05) is 26.6 Å². The van der Waals surface area contributed by atoms with E-state index in [-0.39, 0.29) is 0 Å². The van der Waals surface area contributed by atoms with Crippen LogP contribution in [0.1, 0.15) is 5.89 Å². The standard InChI is InChI=1S/C18H19N3O4/c1-22-14-7-4-12(5-8-14)18-21-20-17(25-18)11-19-13-6-9-15(23-2)16(10-13)24-3/h4-10,19H,11H2,1-3H3. The molecule has 0 saturated carbocycles. The first kappa shape index (κ1) is 16.6. The summed E-state index contributed by atoms with van der Waals surface area (Å²) in [5.41, 5.74) is 1.70. The van der Waals surface area contributed by atoms with Gasteiger partial charge in [-0.3, -0.25) is 0 Å². The first-order valence-electron chi connectivity index (χ1n) is 7.66. The van der Waals surface area contributed by atoms with Gasteiger partial charge in [0.05, 0.1) is 27.9 Å². The number of benzene rings is 2. The number of nitrogens with one attached hydrogen (secondary N) is 1. The number of hydrogen-bond donors (Lipinski definition) is 1. The van der Waals surface area contributed by atoms with Crippen LogP contribution in [0.5, 0.6) is 17.2 Å². The van der Waals surface area contributed by atoms with Gasteiger partial charge in [0, 0.05) is 17.3 Å². The predicted octanol–water partition coefficient (Wildman–Crippen LogP) is 3.37. The van der Waals surface area contributed by atoms with Crippen LogP contribution in [0.4, 0.5) is 5.69 Å². The van der Waals surface area contributed by atoms with Crippen molar-refractivity contribution in [3.63, 3.8) is 0 Å². The third-order valence-corrected chi connectivity index (χ3v) is 3.63. The zero-order chi connectivity index (χ0) is 17.6. The molecule has 2 aromatic carbocycles. The van der Waals surface area contributed by atoms with Gasteiger partial charge in [-0.15, -0.1) is 10.2 Å². The lowest BCUT2D eigenvalue weighted by molar-refractivity contribution is 0.355. The molecule has 0 unspecified atom stereocenters. The highest BCUT2D eigenvalue weighted by molar-refractivity contribution is 5.55. The predicted molar refractivity (Wildman–Crippen MR) is 93.2 cm³/mol. The molecule has 0 spiro atoms. The Bertz CT molecular complexity index is 831. The Morgan fingerprint density at radius 2 is 1.64 bits per heavy atom. The molecule has 7 heteroatoms. The summed E-state index contributed by atoms with van der Waals surface area (Å²) in [6, 6.07) is 13.0. The van der Waals surface area contributed by atoms with Crippen LogP contribution in [-0.2, 0) is 6.54 Å². The van der Waals surface area contributed by atoms with Crippen LogP contribution in [0.3, 0.4) is 0 Å². The molecule has 3 rings (SSSR count). The molecular weight excluding hydrogens is 322 g/mol. The Kier molecular flexibility index (Phi) is 5.03. The third kappa shape index (κ3) is 3.82. The van der Waals surface area contributed by atoms with E-state index < -0.39 is 0 Å². The van der Waals surface area contributed by atoms with E-state index in [2.05, 4.69) is 15.5 Å². The van der Waals surface area contributed by atoms with Gasteiger partial charge in [-0.1, -0.05) is 0 Å². The quantitative estimate of drug-likeness (QED) is 0.706. The number of anilines is 1. The molecule has 7 nitrogen and oxygen atoms in total. The Labute approximate surface area is 145 Å². The SMILES string of the molecule is COc1ccc(-c2nnc(CNc3ccc(OC)c(OC)c3)o2)cc1.